The molecule has 6 N–H and O–H groups in total. The highest BCUT2D eigenvalue weighted by Gasteiger charge is 2.45. The lowest BCUT2D eigenvalue weighted by Gasteiger charge is -2.31. The number of amides is 9. The number of aliphatic imine (C=N–C) groups is 1. The van der Waals surface area contributed by atoms with Crippen LogP contribution in [0.4, 0.5) is 21.9 Å². The van der Waals surface area contributed by atoms with E-state index >= 15 is 0 Å². The maximum absolute atomic E-state index is 14.2. The van der Waals surface area contributed by atoms with Crippen LogP contribution in [0.5, 0.6) is 17.2 Å². The van der Waals surface area contributed by atoms with E-state index < -0.39 is 84.3 Å². The topological polar surface area (TPSA) is 296 Å². The number of unbranched alkanes of at least 4 members (excludes halogenated alkanes) is 2. The Labute approximate surface area is 475 Å². The highest BCUT2D eigenvalue weighted by molar-refractivity contribution is 6.13. The molecule has 0 aromatic heterocycles. The molecule has 1 unspecified atom stereocenters. The normalized spacial score (nSPS) is 18.6. The summed E-state index contributed by atoms with van der Waals surface area (Å²) >= 11 is 0. The summed E-state index contributed by atoms with van der Waals surface area (Å²) in [5.74, 6) is -3.74. The van der Waals surface area contributed by atoms with E-state index in [1.807, 2.05) is 45.3 Å². The Morgan fingerprint density at radius 1 is 0.780 bits per heavy atom. The van der Waals surface area contributed by atoms with E-state index in [0.717, 1.165) is 51.5 Å². The molecular formula is C58H70N10O14. The highest BCUT2D eigenvalue weighted by Crippen LogP contribution is 2.42. The Morgan fingerprint density at radius 2 is 1.45 bits per heavy atom. The van der Waals surface area contributed by atoms with Gasteiger partial charge in [0.05, 0.1) is 61.5 Å². The number of hydrogen-bond acceptors (Lipinski definition) is 17. The smallest absolute Gasteiger partial charge is 0.416 e. The van der Waals surface area contributed by atoms with Crippen molar-refractivity contribution in [1.29, 1.82) is 0 Å². The van der Waals surface area contributed by atoms with Crippen molar-refractivity contribution in [3.05, 3.63) is 106 Å². The number of nitrogens with zero attached hydrogens (tertiary/aromatic N) is 5. The zero-order chi connectivity index (χ0) is 58.9. The van der Waals surface area contributed by atoms with E-state index in [9.17, 15) is 48.3 Å². The van der Waals surface area contributed by atoms with Gasteiger partial charge in [0.25, 0.3) is 23.6 Å². The number of hydrogen-bond donors (Lipinski definition) is 6. The fraction of sp³-hybridized carbons (Fsp3) is 0.414. The van der Waals surface area contributed by atoms with E-state index in [-0.39, 0.29) is 62.3 Å². The van der Waals surface area contributed by atoms with Gasteiger partial charge in [-0.2, -0.15) is 0 Å². The molecule has 0 fully saturated rings. The fourth-order valence-electron chi connectivity index (χ4n) is 9.79. The first-order valence-electron chi connectivity index (χ1n) is 27.1. The van der Waals surface area contributed by atoms with Gasteiger partial charge in [0.1, 0.15) is 24.4 Å². The molecule has 5 atom stereocenters. The van der Waals surface area contributed by atoms with Crippen LogP contribution in [-0.2, 0) is 40.1 Å². The van der Waals surface area contributed by atoms with Crippen molar-refractivity contribution in [3.8, 4) is 17.2 Å². The second-order valence-corrected chi connectivity index (χ2v) is 21.0. The molecule has 5 aliphatic heterocycles. The summed E-state index contributed by atoms with van der Waals surface area (Å²) in [6, 6.07) is 10.4. The molecule has 3 aromatic carbocycles. The molecule has 0 bridgehead atoms. The molecule has 5 heterocycles. The summed E-state index contributed by atoms with van der Waals surface area (Å²) in [5, 5.41) is 19.0. The number of methoxy groups -OCH3 is 1. The third-order valence-electron chi connectivity index (χ3n) is 14.3. The largest absolute Gasteiger partial charge is 0.493 e. The number of carbonyl (C=O) groups is 9. The molecule has 0 spiro atoms. The van der Waals surface area contributed by atoms with E-state index in [0.29, 0.717) is 54.1 Å². The molecule has 0 saturated carbocycles. The number of fused-ring (bicyclic) bond motifs is 4. The Hall–Kier alpha value is -8.90. The van der Waals surface area contributed by atoms with Crippen LogP contribution in [0, 0.1) is 12.8 Å². The number of carbonyl (C=O) groups excluding carboxylic acids is 9. The molecule has 82 heavy (non-hydrogen) atoms. The number of benzene rings is 3. The second kappa shape index (κ2) is 26.1. The van der Waals surface area contributed by atoms with Gasteiger partial charge in [-0.3, -0.25) is 53.6 Å². The van der Waals surface area contributed by atoms with Gasteiger partial charge in [-0.05, 0) is 101 Å². The molecule has 5 aliphatic rings. The van der Waals surface area contributed by atoms with Crippen LogP contribution < -0.4 is 45.9 Å². The van der Waals surface area contributed by atoms with Gasteiger partial charge in [0.15, 0.2) is 17.7 Å². The molecule has 436 valence electrons. The molecule has 24 heteroatoms. The Balaban J connectivity index is 0.00000990. The zero-order valence-electron chi connectivity index (χ0n) is 46.7. The second-order valence-electron chi connectivity index (χ2n) is 21.0. The monoisotopic (exact) mass is 1130 g/mol. The third kappa shape index (κ3) is 13.8. The average molecular weight is 1130 g/mol. The minimum atomic E-state index is -1.51. The van der Waals surface area contributed by atoms with Crippen molar-refractivity contribution in [1.82, 2.24) is 36.1 Å². The van der Waals surface area contributed by atoms with Crippen LogP contribution in [0.15, 0.2) is 89.2 Å². The van der Waals surface area contributed by atoms with Gasteiger partial charge < -0.3 is 49.9 Å². The quantitative estimate of drug-likeness (QED) is 0.0421. The van der Waals surface area contributed by atoms with Gasteiger partial charge in [0.2, 0.25) is 23.6 Å². The summed E-state index contributed by atoms with van der Waals surface area (Å²) < 4.78 is 23.8. The number of imide groups is 2. The summed E-state index contributed by atoms with van der Waals surface area (Å²) in [4.78, 5) is 126. The number of nitrogens with one attached hydrogen (secondary N) is 5. The average Bonchev–Trinajstić information content (AvgIpc) is 2.81. The van der Waals surface area contributed by atoms with Crippen LogP contribution in [0.25, 0.3) is 0 Å². The first-order chi connectivity index (χ1) is 39.2. The van der Waals surface area contributed by atoms with Crippen LogP contribution in [0.1, 0.15) is 106 Å². The Morgan fingerprint density at radius 3 is 2.15 bits per heavy atom. The third-order valence-corrected chi connectivity index (χ3v) is 14.3. The highest BCUT2D eigenvalue weighted by atomic mass is 16.6. The number of ether oxygens (including phenoxy) is 4. The van der Waals surface area contributed by atoms with Gasteiger partial charge >= 0.3 is 6.09 Å². The molecule has 0 saturated heterocycles. The lowest BCUT2D eigenvalue weighted by atomic mass is 10.0. The number of aliphatic hydroxyl groups excluding tert-OH is 1. The molecule has 3 aromatic rings. The number of rotatable bonds is 23. The molecular weight excluding hydrogens is 1060 g/mol. The molecule has 8 rings (SSSR count). The predicted octanol–water partition coefficient (Wildman–Crippen LogP) is 4.83. The van der Waals surface area contributed by atoms with E-state index in [2.05, 4.69) is 31.8 Å². The van der Waals surface area contributed by atoms with Gasteiger partial charge in [-0.25, -0.2) is 15.1 Å². The standard InChI is InChI=1S/C58H68N10O14.H2/c1-32(2)52(54(74)61-49(70)28-60-48(69)17-18-65-50(71)15-16-51(65)72)62-53(73)36(6)63-64-38-13-11-37(12-14-38)31-82-58(78)68-43-26-47(46(79-7)24-41(43)56(76)67-30-34(4)22-44(67)57(68)77)81-20-10-8-9-19-80-45-25-42-40(23-35(45)5)55(75)66-29-33(3)21-39(66)27-59-42;/h11-16,23-27,29-30,32,36,39,44,52,57,63-64,77H,8-10,17-22,28,31H2,1-7H3,(H,60,69)(H,62,73)(H,61,70,74);1H/t36?,39-,44-,52-,57-;/m0./s1. The number of hydrazine groups is 1. The number of anilines is 2. The SMILES string of the molecule is COc1cc2c(cc1OCCCCCOc1cc3c(cc1C)C(=O)N1C=C(C)C[C@H]1C=N3)N(C(=O)OCc1ccc(NNC(C)C(=O)N[C@H](C(=O)NC(=O)CNC(=O)CCN3C(=O)C=CC3=O)C(C)C)cc1)[C@@H](O)[C@@H]1CC(C)=CN1C2=O.[HH]. The predicted molar refractivity (Wildman–Crippen MR) is 301 cm³/mol. The number of aliphatic hydroxyl groups is 1. The van der Waals surface area contributed by atoms with Gasteiger partial charge in [-0.15, -0.1) is 0 Å². The van der Waals surface area contributed by atoms with Crippen molar-refractivity contribution in [2.75, 3.05) is 43.7 Å². The lowest BCUT2D eigenvalue weighted by Crippen LogP contribution is -2.56. The number of aryl methyl sites for hydroxylation is 1. The van der Waals surface area contributed by atoms with Crippen LogP contribution >= 0.6 is 0 Å². The Kier molecular flexibility index (Phi) is 18.9. The molecule has 0 aliphatic carbocycles. The molecule has 24 nitrogen and oxygen atoms in total. The minimum absolute atomic E-state index is 0. The Bertz CT molecular complexity index is 3140. The van der Waals surface area contributed by atoms with Crippen molar-refractivity contribution in [2.24, 2.45) is 10.9 Å². The van der Waals surface area contributed by atoms with Crippen LogP contribution in [0.3, 0.4) is 0 Å². The first-order valence-corrected chi connectivity index (χ1v) is 27.1. The summed E-state index contributed by atoms with van der Waals surface area (Å²) in [5.41, 5.74) is 10.9. The van der Waals surface area contributed by atoms with Crippen LogP contribution in [-0.4, -0.2) is 143 Å². The molecule has 0 radical (unpaired) electrons. The maximum atomic E-state index is 14.2. The maximum Gasteiger partial charge on any atom is 0.416 e. The van der Waals surface area contributed by atoms with Crippen molar-refractivity contribution in [2.45, 2.75) is 117 Å². The van der Waals surface area contributed by atoms with Crippen LogP contribution in [0.2, 0.25) is 0 Å². The van der Waals surface area contributed by atoms with Crippen molar-refractivity contribution >= 4 is 76.6 Å². The van der Waals surface area contributed by atoms with E-state index in [1.54, 1.807) is 56.1 Å². The zero-order valence-corrected chi connectivity index (χ0v) is 46.7. The van der Waals surface area contributed by atoms with Crippen molar-refractivity contribution < 1.29 is 68.6 Å². The fourth-order valence-corrected chi connectivity index (χ4v) is 9.79. The van der Waals surface area contributed by atoms with Gasteiger partial charge in [0, 0.05) is 63.0 Å². The van der Waals surface area contributed by atoms with E-state index in [1.165, 1.54) is 24.1 Å². The summed E-state index contributed by atoms with van der Waals surface area (Å²) in [6.07, 6.45) is 7.98. The van der Waals surface area contributed by atoms with Crippen molar-refractivity contribution in [3.63, 3.8) is 0 Å². The molecule has 9 amide bonds. The summed E-state index contributed by atoms with van der Waals surface area (Å²) in [6.45, 7) is 10.3. The lowest BCUT2D eigenvalue weighted by molar-refractivity contribution is -0.138. The minimum Gasteiger partial charge on any atom is -0.493 e. The van der Waals surface area contributed by atoms with E-state index in [4.69, 9.17) is 18.9 Å². The summed E-state index contributed by atoms with van der Waals surface area (Å²) in [7, 11) is 1.45. The van der Waals surface area contributed by atoms with Gasteiger partial charge in [-0.1, -0.05) is 37.1 Å². The first kappa shape index (κ1) is 59.2.